The van der Waals surface area contributed by atoms with Crippen molar-refractivity contribution in [3.05, 3.63) is 34.3 Å². The van der Waals surface area contributed by atoms with Crippen molar-refractivity contribution < 1.29 is 0 Å². The van der Waals surface area contributed by atoms with Crippen LogP contribution in [0, 0.1) is 12.8 Å². The fraction of sp³-hybridized carbons (Fsp3) is 0.571. The van der Waals surface area contributed by atoms with Gasteiger partial charge in [0.2, 0.25) is 0 Å². The van der Waals surface area contributed by atoms with E-state index in [1.165, 1.54) is 49.9 Å². The molecule has 1 heterocycles. The Bertz CT molecular complexity index is 343. The Hall–Kier alpha value is -0.530. The standard InChI is InChI=1S/C14H20ClN/c1-11-2-5-14(15)10-13(11)4-3-12-6-8-16-9-7-12/h2,5,10,12,16H,3-4,6-9H2,1H3. The molecule has 0 radical (unpaired) electrons. The summed E-state index contributed by atoms with van der Waals surface area (Å²) in [6, 6.07) is 6.23. The number of piperidine rings is 1. The van der Waals surface area contributed by atoms with E-state index in [-0.39, 0.29) is 0 Å². The number of nitrogens with one attached hydrogen (secondary N) is 1. The summed E-state index contributed by atoms with van der Waals surface area (Å²) in [6.07, 6.45) is 5.15. The van der Waals surface area contributed by atoms with Crippen molar-refractivity contribution in [2.75, 3.05) is 13.1 Å². The van der Waals surface area contributed by atoms with Crippen molar-refractivity contribution >= 4 is 11.6 Å². The number of hydrogen-bond acceptors (Lipinski definition) is 1. The van der Waals surface area contributed by atoms with E-state index in [0.717, 1.165) is 10.9 Å². The summed E-state index contributed by atoms with van der Waals surface area (Å²) in [6.45, 7) is 4.56. The highest BCUT2D eigenvalue weighted by molar-refractivity contribution is 6.30. The largest absolute Gasteiger partial charge is 0.317 e. The number of aryl methyl sites for hydroxylation is 2. The zero-order valence-corrected chi connectivity index (χ0v) is 10.7. The summed E-state index contributed by atoms with van der Waals surface area (Å²) in [4.78, 5) is 0. The second-order valence-corrected chi connectivity index (χ2v) is 5.24. The third kappa shape index (κ3) is 3.23. The lowest BCUT2D eigenvalue weighted by atomic mass is 9.90. The van der Waals surface area contributed by atoms with Crippen LogP contribution in [0.15, 0.2) is 18.2 Å². The van der Waals surface area contributed by atoms with Crippen molar-refractivity contribution in [1.82, 2.24) is 5.32 Å². The molecule has 0 aliphatic carbocycles. The van der Waals surface area contributed by atoms with Gasteiger partial charge in [0.15, 0.2) is 0 Å². The smallest absolute Gasteiger partial charge is 0.0408 e. The van der Waals surface area contributed by atoms with Crippen LogP contribution < -0.4 is 5.32 Å². The number of halogens is 1. The molecule has 1 nitrogen and oxygen atoms in total. The minimum absolute atomic E-state index is 0.867. The first-order valence-electron chi connectivity index (χ1n) is 6.21. The van der Waals surface area contributed by atoms with Crippen LogP contribution >= 0.6 is 11.6 Å². The van der Waals surface area contributed by atoms with Crippen molar-refractivity contribution in [3.8, 4) is 0 Å². The van der Waals surface area contributed by atoms with Gasteiger partial charge < -0.3 is 5.32 Å². The zero-order valence-electron chi connectivity index (χ0n) is 9.93. The first kappa shape index (κ1) is 11.9. The lowest BCUT2D eigenvalue weighted by molar-refractivity contribution is 0.354. The van der Waals surface area contributed by atoms with E-state index < -0.39 is 0 Å². The Morgan fingerprint density at radius 2 is 2.06 bits per heavy atom. The van der Waals surface area contributed by atoms with E-state index in [2.05, 4.69) is 24.4 Å². The summed E-state index contributed by atoms with van der Waals surface area (Å²) < 4.78 is 0. The van der Waals surface area contributed by atoms with Gasteiger partial charge in [-0.3, -0.25) is 0 Å². The molecule has 0 aromatic heterocycles. The molecule has 0 spiro atoms. The molecule has 1 aliphatic heterocycles. The van der Waals surface area contributed by atoms with Gasteiger partial charge in [-0.1, -0.05) is 17.7 Å². The van der Waals surface area contributed by atoms with E-state index in [0.29, 0.717) is 0 Å². The van der Waals surface area contributed by atoms with Gasteiger partial charge in [-0.05, 0) is 74.9 Å². The van der Waals surface area contributed by atoms with Crippen LogP contribution in [0.4, 0.5) is 0 Å². The summed E-state index contributed by atoms with van der Waals surface area (Å²) >= 11 is 6.03. The monoisotopic (exact) mass is 237 g/mol. The predicted octanol–water partition coefficient (Wildman–Crippen LogP) is 3.58. The van der Waals surface area contributed by atoms with Crippen molar-refractivity contribution in [1.29, 1.82) is 0 Å². The summed E-state index contributed by atoms with van der Waals surface area (Å²) in [5, 5.41) is 4.28. The molecule has 1 saturated heterocycles. The zero-order chi connectivity index (χ0) is 11.4. The van der Waals surface area contributed by atoms with Gasteiger partial charge in [0, 0.05) is 5.02 Å². The molecule has 1 N–H and O–H groups in total. The van der Waals surface area contributed by atoms with Gasteiger partial charge in [-0.15, -0.1) is 0 Å². The molecule has 2 heteroatoms. The topological polar surface area (TPSA) is 12.0 Å². The number of benzene rings is 1. The lowest BCUT2D eigenvalue weighted by Gasteiger charge is -2.22. The first-order valence-corrected chi connectivity index (χ1v) is 6.59. The van der Waals surface area contributed by atoms with E-state index in [1.54, 1.807) is 0 Å². The average Bonchev–Trinajstić information content (AvgIpc) is 2.32. The Labute approximate surface area is 103 Å². The minimum Gasteiger partial charge on any atom is -0.317 e. The highest BCUT2D eigenvalue weighted by atomic mass is 35.5. The molecule has 88 valence electrons. The molecule has 0 amide bonds. The van der Waals surface area contributed by atoms with Gasteiger partial charge in [0.25, 0.3) is 0 Å². The van der Waals surface area contributed by atoms with Crippen molar-refractivity contribution in [2.24, 2.45) is 5.92 Å². The molecular formula is C14H20ClN. The maximum absolute atomic E-state index is 6.03. The second-order valence-electron chi connectivity index (χ2n) is 4.80. The van der Waals surface area contributed by atoms with E-state index in [1.807, 2.05) is 6.07 Å². The van der Waals surface area contributed by atoms with E-state index >= 15 is 0 Å². The molecule has 1 aliphatic rings. The summed E-state index contributed by atoms with van der Waals surface area (Å²) in [5.74, 6) is 0.902. The maximum atomic E-state index is 6.03. The average molecular weight is 238 g/mol. The van der Waals surface area contributed by atoms with Crippen molar-refractivity contribution in [2.45, 2.75) is 32.6 Å². The van der Waals surface area contributed by atoms with Crippen molar-refractivity contribution in [3.63, 3.8) is 0 Å². The number of hydrogen-bond donors (Lipinski definition) is 1. The van der Waals surface area contributed by atoms with Crippen LogP contribution in [-0.4, -0.2) is 13.1 Å². The van der Waals surface area contributed by atoms with Gasteiger partial charge in [0.1, 0.15) is 0 Å². The first-order chi connectivity index (χ1) is 7.75. The molecule has 1 aromatic rings. The Morgan fingerprint density at radius 3 is 2.81 bits per heavy atom. The van der Waals surface area contributed by atoms with Crippen LogP contribution in [-0.2, 0) is 6.42 Å². The highest BCUT2D eigenvalue weighted by Crippen LogP contribution is 2.22. The quantitative estimate of drug-likeness (QED) is 0.848. The Balaban J connectivity index is 1.90. The van der Waals surface area contributed by atoms with Crippen LogP contribution in [0.25, 0.3) is 0 Å². The highest BCUT2D eigenvalue weighted by Gasteiger charge is 2.13. The molecule has 1 aromatic carbocycles. The van der Waals surface area contributed by atoms with Crippen LogP contribution in [0.2, 0.25) is 5.02 Å². The molecule has 16 heavy (non-hydrogen) atoms. The van der Waals surface area contributed by atoms with E-state index in [4.69, 9.17) is 11.6 Å². The summed E-state index contributed by atoms with van der Waals surface area (Å²) in [7, 11) is 0. The third-order valence-electron chi connectivity index (χ3n) is 3.59. The van der Waals surface area contributed by atoms with Gasteiger partial charge in [0.05, 0.1) is 0 Å². The molecule has 1 fully saturated rings. The molecule has 0 atom stereocenters. The van der Waals surface area contributed by atoms with Crippen LogP contribution in [0.1, 0.15) is 30.4 Å². The van der Waals surface area contributed by atoms with Gasteiger partial charge >= 0.3 is 0 Å². The molecule has 2 rings (SSSR count). The molecular weight excluding hydrogens is 218 g/mol. The maximum Gasteiger partial charge on any atom is 0.0408 e. The SMILES string of the molecule is Cc1ccc(Cl)cc1CCC1CCNCC1. The lowest BCUT2D eigenvalue weighted by Crippen LogP contribution is -2.27. The molecule has 0 unspecified atom stereocenters. The summed E-state index contributed by atoms with van der Waals surface area (Å²) in [5.41, 5.74) is 2.80. The fourth-order valence-electron chi connectivity index (χ4n) is 2.44. The van der Waals surface area contributed by atoms with E-state index in [9.17, 15) is 0 Å². The third-order valence-corrected chi connectivity index (χ3v) is 3.83. The molecule has 0 bridgehead atoms. The number of rotatable bonds is 3. The normalized spacial score (nSPS) is 17.6. The van der Waals surface area contributed by atoms with Crippen LogP contribution in [0.5, 0.6) is 0 Å². The predicted molar refractivity (Wildman–Crippen MR) is 70.1 cm³/mol. The molecule has 0 saturated carbocycles. The fourth-order valence-corrected chi connectivity index (χ4v) is 2.63. The Morgan fingerprint density at radius 1 is 1.31 bits per heavy atom. The van der Waals surface area contributed by atoms with Gasteiger partial charge in [-0.25, -0.2) is 0 Å². The minimum atomic E-state index is 0.867. The van der Waals surface area contributed by atoms with Crippen LogP contribution in [0.3, 0.4) is 0 Å². The van der Waals surface area contributed by atoms with Gasteiger partial charge in [-0.2, -0.15) is 0 Å². The second kappa shape index (κ2) is 5.70. The Kier molecular flexibility index (Phi) is 4.25.